The van der Waals surface area contributed by atoms with Gasteiger partial charge in [0.2, 0.25) is 5.75 Å². The second kappa shape index (κ2) is 4.66. The summed E-state index contributed by atoms with van der Waals surface area (Å²) in [6, 6.07) is 0. The maximum atomic E-state index is 11.2. The van der Waals surface area contributed by atoms with Crippen molar-refractivity contribution < 1.29 is 4.74 Å². The van der Waals surface area contributed by atoms with Crippen molar-refractivity contribution in [2.24, 2.45) is 0 Å². The third-order valence-corrected chi connectivity index (χ3v) is 1.60. The van der Waals surface area contributed by atoms with Gasteiger partial charge in [0.15, 0.2) is 5.82 Å². The SMILES string of the molecule is C=C(Cl)CNc1nc[nH]c(=O)c1OC. The highest BCUT2D eigenvalue weighted by Crippen LogP contribution is 2.14. The summed E-state index contributed by atoms with van der Waals surface area (Å²) in [5, 5.41) is 3.24. The van der Waals surface area contributed by atoms with Crippen LogP contribution in [0.2, 0.25) is 0 Å². The van der Waals surface area contributed by atoms with E-state index in [4.69, 9.17) is 16.3 Å². The molecule has 0 spiro atoms. The molecule has 5 nitrogen and oxygen atoms in total. The van der Waals surface area contributed by atoms with Crippen LogP contribution in [0.4, 0.5) is 5.82 Å². The summed E-state index contributed by atoms with van der Waals surface area (Å²) in [6.45, 7) is 3.82. The van der Waals surface area contributed by atoms with Crippen LogP contribution in [0.3, 0.4) is 0 Å². The summed E-state index contributed by atoms with van der Waals surface area (Å²) in [5.41, 5.74) is -0.342. The van der Waals surface area contributed by atoms with Gasteiger partial charge >= 0.3 is 0 Å². The van der Waals surface area contributed by atoms with Crippen LogP contribution in [0.5, 0.6) is 5.75 Å². The number of aromatic amines is 1. The molecule has 0 aliphatic carbocycles. The van der Waals surface area contributed by atoms with Crippen LogP contribution in [0.1, 0.15) is 0 Å². The Morgan fingerprint density at radius 1 is 1.86 bits per heavy atom. The van der Waals surface area contributed by atoms with E-state index in [2.05, 4.69) is 21.9 Å². The molecule has 6 heteroatoms. The largest absolute Gasteiger partial charge is 0.489 e. The van der Waals surface area contributed by atoms with E-state index >= 15 is 0 Å². The van der Waals surface area contributed by atoms with Gasteiger partial charge in [-0.25, -0.2) is 4.98 Å². The van der Waals surface area contributed by atoms with Crippen molar-refractivity contribution in [3.05, 3.63) is 28.3 Å². The monoisotopic (exact) mass is 215 g/mol. The van der Waals surface area contributed by atoms with Gasteiger partial charge in [-0.3, -0.25) is 4.79 Å². The van der Waals surface area contributed by atoms with Gasteiger partial charge in [0.25, 0.3) is 5.56 Å². The second-order valence-corrected chi connectivity index (χ2v) is 3.02. The molecule has 2 N–H and O–H groups in total. The summed E-state index contributed by atoms with van der Waals surface area (Å²) in [7, 11) is 1.40. The second-order valence-electron chi connectivity index (χ2n) is 2.48. The zero-order valence-electron chi connectivity index (χ0n) is 7.63. The van der Waals surface area contributed by atoms with Gasteiger partial charge in [0.1, 0.15) is 0 Å². The fraction of sp³-hybridized carbons (Fsp3) is 0.250. The first kappa shape index (κ1) is 10.6. The first-order valence-electron chi connectivity index (χ1n) is 3.84. The van der Waals surface area contributed by atoms with Crippen LogP contribution < -0.4 is 15.6 Å². The standard InChI is InChI=1S/C8H10ClN3O2/c1-5(9)3-10-7-6(14-2)8(13)12-4-11-7/h4H,1,3H2,2H3,(H2,10,11,12,13). The van der Waals surface area contributed by atoms with Crippen molar-refractivity contribution in [1.29, 1.82) is 0 Å². The number of hydrogen-bond donors (Lipinski definition) is 2. The van der Waals surface area contributed by atoms with E-state index in [0.717, 1.165) is 0 Å². The first-order valence-corrected chi connectivity index (χ1v) is 4.21. The molecule has 0 atom stereocenters. The van der Waals surface area contributed by atoms with E-state index in [0.29, 0.717) is 17.4 Å². The van der Waals surface area contributed by atoms with Crippen LogP contribution in [0.15, 0.2) is 22.7 Å². The lowest BCUT2D eigenvalue weighted by atomic mass is 10.5. The highest BCUT2D eigenvalue weighted by molar-refractivity contribution is 6.29. The maximum absolute atomic E-state index is 11.2. The lowest BCUT2D eigenvalue weighted by Gasteiger charge is -2.07. The molecule has 0 saturated heterocycles. The lowest BCUT2D eigenvalue weighted by molar-refractivity contribution is 0.408. The highest BCUT2D eigenvalue weighted by Gasteiger charge is 2.07. The van der Waals surface area contributed by atoms with E-state index in [1.54, 1.807) is 0 Å². The molecule has 1 rings (SSSR count). The summed E-state index contributed by atoms with van der Waals surface area (Å²) in [6.07, 6.45) is 1.28. The van der Waals surface area contributed by atoms with Gasteiger partial charge in [-0.1, -0.05) is 18.2 Å². The molecular weight excluding hydrogens is 206 g/mol. The molecule has 1 heterocycles. The van der Waals surface area contributed by atoms with Crippen molar-refractivity contribution in [3.63, 3.8) is 0 Å². The van der Waals surface area contributed by atoms with E-state index in [1.807, 2.05) is 0 Å². The number of aromatic nitrogens is 2. The Hall–Kier alpha value is -1.49. The molecule has 0 amide bonds. The average Bonchev–Trinajstić information content (AvgIpc) is 2.14. The first-order chi connectivity index (χ1) is 6.65. The molecule has 0 aromatic carbocycles. The normalized spacial score (nSPS) is 9.57. The molecule has 1 aromatic rings. The van der Waals surface area contributed by atoms with Gasteiger partial charge in [-0.15, -0.1) is 0 Å². The molecular formula is C8H10ClN3O2. The summed E-state index contributed by atoms with van der Waals surface area (Å²) < 4.78 is 4.87. The topological polar surface area (TPSA) is 67.0 Å². The number of H-pyrrole nitrogens is 1. The summed E-state index contributed by atoms with van der Waals surface area (Å²) >= 11 is 5.55. The van der Waals surface area contributed by atoms with E-state index < -0.39 is 0 Å². The predicted octanol–water partition coefficient (Wildman–Crippen LogP) is 0.943. The molecule has 0 fully saturated rings. The van der Waals surface area contributed by atoms with E-state index in [-0.39, 0.29) is 11.3 Å². The minimum absolute atomic E-state index is 0.130. The number of methoxy groups -OCH3 is 1. The van der Waals surface area contributed by atoms with E-state index in [9.17, 15) is 4.79 Å². The van der Waals surface area contributed by atoms with Crippen molar-refractivity contribution in [2.75, 3.05) is 19.0 Å². The molecule has 0 radical (unpaired) electrons. The highest BCUT2D eigenvalue weighted by atomic mass is 35.5. The molecule has 14 heavy (non-hydrogen) atoms. The fourth-order valence-electron chi connectivity index (χ4n) is 0.882. The number of nitrogens with one attached hydrogen (secondary N) is 2. The Morgan fingerprint density at radius 3 is 3.14 bits per heavy atom. The quantitative estimate of drug-likeness (QED) is 0.785. The van der Waals surface area contributed by atoms with Gasteiger partial charge in [0, 0.05) is 5.03 Å². The Labute approximate surface area is 85.8 Å². The molecule has 0 bridgehead atoms. The molecule has 0 aliphatic heterocycles. The maximum Gasteiger partial charge on any atom is 0.295 e. The third kappa shape index (κ3) is 2.50. The van der Waals surface area contributed by atoms with Crippen LogP contribution >= 0.6 is 11.6 Å². The smallest absolute Gasteiger partial charge is 0.295 e. The predicted molar refractivity (Wildman–Crippen MR) is 54.9 cm³/mol. The number of hydrogen-bond acceptors (Lipinski definition) is 4. The van der Waals surface area contributed by atoms with Gasteiger partial charge in [0.05, 0.1) is 20.0 Å². The number of rotatable bonds is 4. The lowest BCUT2D eigenvalue weighted by Crippen LogP contribution is -2.14. The molecule has 0 aliphatic rings. The Bertz CT molecular complexity index is 388. The number of nitrogens with zero attached hydrogens (tertiary/aromatic N) is 1. The van der Waals surface area contributed by atoms with Crippen molar-refractivity contribution in [3.8, 4) is 5.75 Å². The van der Waals surface area contributed by atoms with Crippen LogP contribution in [0.25, 0.3) is 0 Å². The minimum Gasteiger partial charge on any atom is -0.489 e. The Kier molecular flexibility index (Phi) is 3.53. The minimum atomic E-state index is -0.342. The van der Waals surface area contributed by atoms with Gasteiger partial charge in [-0.05, 0) is 0 Å². The van der Waals surface area contributed by atoms with Crippen LogP contribution in [-0.4, -0.2) is 23.6 Å². The van der Waals surface area contributed by atoms with E-state index in [1.165, 1.54) is 13.4 Å². The fourth-order valence-corrected chi connectivity index (χ4v) is 0.949. The summed E-state index contributed by atoms with van der Waals surface area (Å²) in [4.78, 5) is 17.5. The molecule has 0 saturated carbocycles. The van der Waals surface area contributed by atoms with Crippen LogP contribution in [-0.2, 0) is 0 Å². The summed E-state index contributed by atoms with van der Waals surface area (Å²) in [5.74, 6) is 0.475. The van der Waals surface area contributed by atoms with Gasteiger partial charge < -0.3 is 15.0 Å². The molecule has 76 valence electrons. The third-order valence-electron chi connectivity index (χ3n) is 1.46. The van der Waals surface area contributed by atoms with Crippen molar-refractivity contribution in [1.82, 2.24) is 9.97 Å². The number of halogens is 1. The number of ether oxygens (including phenoxy) is 1. The zero-order valence-corrected chi connectivity index (χ0v) is 8.39. The molecule has 0 unspecified atom stereocenters. The van der Waals surface area contributed by atoms with Crippen LogP contribution in [0, 0.1) is 0 Å². The number of anilines is 1. The van der Waals surface area contributed by atoms with Gasteiger partial charge in [-0.2, -0.15) is 0 Å². The Balaban J connectivity index is 2.90. The van der Waals surface area contributed by atoms with Crippen molar-refractivity contribution in [2.45, 2.75) is 0 Å². The average molecular weight is 216 g/mol. The van der Waals surface area contributed by atoms with Crippen molar-refractivity contribution >= 4 is 17.4 Å². The molecule has 1 aromatic heterocycles. The Morgan fingerprint density at radius 2 is 2.57 bits per heavy atom. The zero-order chi connectivity index (χ0) is 10.6.